The van der Waals surface area contributed by atoms with E-state index < -0.39 is 0 Å². The quantitative estimate of drug-likeness (QED) is 0.800. The van der Waals surface area contributed by atoms with Crippen LogP contribution < -0.4 is 0 Å². The molecule has 5 nitrogen and oxygen atoms in total. The van der Waals surface area contributed by atoms with Gasteiger partial charge in [0.2, 0.25) is 0 Å². The van der Waals surface area contributed by atoms with Gasteiger partial charge in [-0.2, -0.15) is 0 Å². The van der Waals surface area contributed by atoms with Crippen molar-refractivity contribution in [2.45, 2.75) is 13.8 Å². The topological polar surface area (TPSA) is 51.5 Å². The van der Waals surface area contributed by atoms with E-state index in [9.17, 15) is 9.59 Å². The number of aromatic nitrogens is 1. The number of hydrogen-bond acceptors (Lipinski definition) is 4. The lowest BCUT2D eigenvalue weighted by atomic mass is 10.2. The van der Waals surface area contributed by atoms with Crippen LogP contribution in [0.15, 0.2) is 11.0 Å². The molecule has 20 heavy (non-hydrogen) atoms. The molecule has 1 aromatic heterocycles. The monoisotopic (exact) mass is 294 g/mol. The van der Waals surface area contributed by atoms with E-state index in [1.165, 1.54) is 4.90 Å². The molecule has 0 unspecified atom stereocenters. The van der Waals surface area contributed by atoms with E-state index in [-0.39, 0.29) is 11.1 Å². The van der Waals surface area contributed by atoms with Crippen molar-refractivity contribution in [1.29, 1.82) is 0 Å². The van der Waals surface area contributed by atoms with Crippen LogP contribution in [-0.4, -0.2) is 40.9 Å². The minimum atomic E-state index is -0.238. The largest absolute Gasteiger partial charge is 0.383 e. The zero-order chi connectivity index (χ0) is 14.9. The van der Waals surface area contributed by atoms with E-state index in [0.717, 1.165) is 28.7 Å². The lowest BCUT2D eigenvalue weighted by Gasteiger charge is -2.10. The molecule has 0 saturated carbocycles. The molecule has 0 aliphatic carbocycles. The van der Waals surface area contributed by atoms with Crippen molar-refractivity contribution in [1.82, 2.24) is 9.47 Å². The van der Waals surface area contributed by atoms with Crippen molar-refractivity contribution in [2.75, 3.05) is 20.3 Å². The van der Waals surface area contributed by atoms with E-state index in [4.69, 9.17) is 4.74 Å². The van der Waals surface area contributed by atoms with E-state index in [1.54, 1.807) is 13.2 Å². The number of thioether (sulfide) groups is 1. The van der Waals surface area contributed by atoms with E-state index in [1.807, 2.05) is 27.0 Å². The minimum absolute atomic E-state index is 0.233. The summed E-state index contributed by atoms with van der Waals surface area (Å²) in [6, 6.07) is 2.01. The van der Waals surface area contributed by atoms with Gasteiger partial charge in [0.1, 0.15) is 0 Å². The molecule has 108 valence electrons. The van der Waals surface area contributed by atoms with Crippen molar-refractivity contribution in [2.24, 2.45) is 7.05 Å². The Morgan fingerprint density at radius 2 is 2.05 bits per heavy atom. The predicted octanol–water partition coefficient (Wildman–Crippen LogP) is 2.32. The molecule has 0 bridgehead atoms. The molecule has 2 rings (SSSR count). The first-order valence-corrected chi connectivity index (χ1v) is 7.14. The number of imide groups is 1. The molecule has 0 spiro atoms. The van der Waals surface area contributed by atoms with Gasteiger partial charge < -0.3 is 9.30 Å². The van der Waals surface area contributed by atoms with Crippen LogP contribution in [0.25, 0.3) is 6.08 Å². The molecule has 6 heteroatoms. The van der Waals surface area contributed by atoms with E-state index >= 15 is 0 Å². The fourth-order valence-electron chi connectivity index (χ4n) is 2.05. The molecule has 1 saturated heterocycles. The summed E-state index contributed by atoms with van der Waals surface area (Å²) in [5.41, 5.74) is 3.17. The molecule has 0 aromatic carbocycles. The normalized spacial score (nSPS) is 17.6. The summed E-state index contributed by atoms with van der Waals surface area (Å²) in [5.74, 6) is -0.238. The molecular formula is C14H18N2O3S. The average Bonchev–Trinajstić information content (AvgIpc) is 2.81. The summed E-state index contributed by atoms with van der Waals surface area (Å²) in [6.07, 6.45) is 1.79. The first kappa shape index (κ1) is 14.9. The first-order valence-electron chi connectivity index (χ1n) is 6.33. The van der Waals surface area contributed by atoms with Gasteiger partial charge in [-0.05, 0) is 43.3 Å². The Balaban J connectivity index is 2.25. The number of nitrogens with zero attached hydrogens (tertiary/aromatic N) is 2. The average molecular weight is 294 g/mol. The third-order valence-electron chi connectivity index (χ3n) is 3.49. The highest BCUT2D eigenvalue weighted by Crippen LogP contribution is 2.32. The smallest absolute Gasteiger partial charge is 0.293 e. The second kappa shape index (κ2) is 5.85. The molecule has 2 amide bonds. The molecule has 1 aromatic rings. The van der Waals surface area contributed by atoms with Gasteiger partial charge in [-0.15, -0.1) is 0 Å². The van der Waals surface area contributed by atoms with Crippen LogP contribution >= 0.6 is 11.8 Å². The van der Waals surface area contributed by atoms with Crippen molar-refractivity contribution >= 4 is 29.0 Å². The van der Waals surface area contributed by atoms with Crippen LogP contribution in [0.3, 0.4) is 0 Å². The molecule has 1 aliphatic heterocycles. The number of methoxy groups -OCH3 is 1. The number of carbonyl (C=O) groups excluding carboxylic acids is 2. The second-order valence-corrected chi connectivity index (χ2v) is 5.70. The van der Waals surface area contributed by atoms with Gasteiger partial charge in [-0.1, -0.05) is 0 Å². The number of ether oxygens (including phenoxy) is 1. The molecule has 1 fully saturated rings. The first-order chi connectivity index (χ1) is 9.45. The summed E-state index contributed by atoms with van der Waals surface area (Å²) in [6.45, 7) is 4.66. The summed E-state index contributed by atoms with van der Waals surface area (Å²) < 4.78 is 6.97. The Kier molecular flexibility index (Phi) is 4.35. The lowest BCUT2D eigenvalue weighted by Crippen LogP contribution is -2.31. The SMILES string of the molecule is COCCN1C(=O)S/C(=C/c2cc(C)n(C)c2C)C1=O. The van der Waals surface area contributed by atoms with Crippen molar-refractivity contribution in [3.05, 3.63) is 27.9 Å². The van der Waals surface area contributed by atoms with Crippen LogP contribution in [0, 0.1) is 13.8 Å². The molecule has 0 atom stereocenters. The zero-order valence-electron chi connectivity index (χ0n) is 12.1. The standard InChI is InChI=1S/C14H18N2O3S/c1-9-7-11(10(2)15(9)3)8-12-13(17)16(5-6-19-4)14(18)20-12/h7-8H,5-6H2,1-4H3/b12-8+. The van der Waals surface area contributed by atoms with Crippen LogP contribution in [0.5, 0.6) is 0 Å². The summed E-state index contributed by atoms with van der Waals surface area (Å²) in [5, 5.41) is -0.233. The maximum atomic E-state index is 12.2. The van der Waals surface area contributed by atoms with E-state index in [2.05, 4.69) is 4.57 Å². The number of rotatable bonds is 4. The third-order valence-corrected chi connectivity index (χ3v) is 4.40. The lowest BCUT2D eigenvalue weighted by molar-refractivity contribution is -0.123. The van der Waals surface area contributed by atoms with Crippen LogP contribution in [0.4, 0.5) is 4.79 Å². The highest BCUT2D eigenvalue weighted by atomic mass is 32.2. The molecular weight excluding hydrogens is 276 g/mol. The summed E-state index contributed by atoms with van der Waals surface area (Å²) >= 11 is 0.985. The highest BCUT2D eigenvalue weighted by Gasteiger charge is 2.34. The maximum absolute atomic E-state index is 12.2. The van der Waals surface area contributed by atoms with Gasteiger partial charge in [0, 0.05) is 25.5 Å². The van der Waals surface area contributed by atoms with Crippen LogP contribution in [0.2, 0.25) is 0 Å². The zero-order valence-corrected chi connectivity index (χ0v) is 12.9. The van der Waals surface area contributed by atoms with Crippen molar-refractivity contribution in [3.8, 4) is 0 Å². The summed E-state index contributed by atoms with van der Waals surface area (Å²) in [4.78, 5) is 25.7. The second-order valence-electron chi connectivity index (χ2n) is 4.71. The predicted molar refractivity (Wildman–Crippen MR) is 79.4 cm³/mol. The Morgan fingerprint density at radius 3 is 2.60 bits per heavy atom. The fraction of sp³-hybridized carbons (Fsp3) is 0.429. The van der Waals surface area contributed by atoms with Gasteiger partial charge in [-0.3, -0.25) is 14.5 Å². The fourth-order valence-corrected chi connectivity index (χ4v) is 2.90. The highest BCUT2D eigenvalue weighted by molar-refractivity contribution is 8.18. The molecule has 1 aliphatic rings. The Labute approximate surface area is 122 Å². The maximum Gasteiger partial charge on any atom is 0.293 e. The Morgan fingerprint density at radius 1 is 1.35 bits per heavy atom. The third kappa shape index (κ3) is 2.66. The van der Waals surface area contributed by atoms with Crippen LogP contribution in [0.1, 0.15) is 17.0 Å². The Bertz CT molecular complexity index is 589. The van der Waals surface area contributed by atoms with Gasteiger partial charge in [-0.25, -0.2) is 0 Å². The minimum Gasteiger partial charge on any atom is -0.383 e. The van der Waals surface area contributed by atoms with Gasteiger partial charge in [0.15, 0.2) is 0 Å². The van der Waals surface area contributed by atoms with Gasteiger partial charge >= 0.3 is 0 Å². The number of aryl methyl sites for hydroxylation is 1. The summed E-state index contributed by atoms with van der Waals surface area (Å²) in [7, 11) is 3.53. The van der Waals surface area contributed by atoms with E-state index in [0.29, 0.717) is 18.1 Å². The van der Waals surface area contributed by atoms with Crippen molar-refractivity contribution in [3.63, 3.8) is 0 Å². The van der Waals surface area contributed by atoms with Crippen molar-refractivity contribution < 1.29 is 14.3 Å². The number of amides is 2. The number of carbonyl (C=O) groups is 2. The van der Waals surface area contributed by atoms with Crippen LogP contribution in [-0.2, 0) is 16.6 Å². The van der Waals surface area contributed by atoms with Gasteiger partial charge in [0.25, 0.3) is 11.1 Å². The Hall–Kier alpha value is -1.53. The molecule has 0 N–H and O–H groups in total. The van der Waals surface area contributed by atoms with Gasteiger partial charge in [0.05, 0.1) is 18.1 Å². The number of hydrogen-bond donors (Lipinski definition) is 0. The molecule has 2 heterocycles. The molecule has 0 radical (unpaired) electrons.